The maximum absolute atomic E-state index is 11.3. The van der Waals surface area contributed by atoms with Crippen LogP contribution in [0.5, 0.6) is 0 Å². The average molecular weight is 304 g/mol. The quantitative estimate of drug-likeness (QED) is 0.634. The second-order valence-corrected chi connectivity index (χ2v) is 6.37. The molecule has 0 spiro atoms. The van der Waals surface area contributed by atoms with Crippen LogP contribution in [0.4, 0.5) is 11.5 Å². The van der Waals surface area contributed by atoms with Gasteiger partial charge in [0.15, 0.2) is 0 Å². The standard InChI is InChI=1S/C16H24N4O2/c1-13-7-8-17-16(15(13)20(21)22)19-11-9-18(10-12-19)14-5-3-2-4-6-14/h7-8,14H,2-6,9-12H2,1H3. The Labute approximate surface area is 131 Å². The maximum atomic E-state index is 11.3. The van der Waals surface area contributed by atoms with Crippen molar-refractivity contribution in [2.45, 2.75) is 45.1 Å². The van der Waals surface area contributed by atoms with Gasteiger partial charge in [0.1, 0.15) is 0 Å². The van der Waals surface area contributed by atoms with Crippen molar-refractivity contribution in [2.24, 2.45) is 0 Å². The molecule has 3 rings (SSSR count). The molecule has 1 aliphatic carbocycles. The second-order valence-electron chi connectivity index (χ2n) is 6.37. The van der Waals surface area contributed by atoms with E-state index in [4.69, 9.17) is 0 Å². The molecule has 2 aliphatic rings. The summed E-state index contributed by atoms with van der Waals surface area (Å²) in [5, 5.41) is 11.3. The van der Waals surface area contributed by atoms with Crippen molar-refractivity contribution in [3.8, 4) is 0 Å². The molecule has 22 heavy (non-hydrogen) atoms. The van der Waals surface area contributed by atoms with E-state index in [1.54, 1.807) is 19.2 Å². The van der Waals surface area contributed by atoms with Gasteiger partial charge in [0, 0.05) is 44.0 Å². The van der Waals surface area contributed by atoms with Crippen LogP contribution in [0.15, 0.2) is 12.3 Å². The highest BCUT2D eigenvalue weighted by Crippen LogP contribution is 2.30. The Morgan fingerprint density at radius 1 is 1.18 bits per heavy atom. The number of pyridine rings is 1. The molecule has 120 valence electrons. The van der Waals surface area contributed by atoms with Crippen LogP contribution in [0, 0.1) is 17.0 Å². The van der Waals surface area contributed by atoms with E-state index in [-0.39, 0.29) is 10.6 Å². The Morgan fingerprint density at radius 3 is 2.50 bits per heavy atom. The molecule has 6 heteroatoms. The number of nitrogens with zero attached hydrogens (tertiary/aromatic N) is 4. The van der Waals surface area contributed by atoms with Gasteiger partial charge in [-0.3, -0.25) is 15.0 Å². The molecule has 1 saturated carbocycles. The van der Waals surface area contributed by atoms with Gasteiger partial charge >= 0.3 is 5.69 Å². The summed E-state index contributed by atoms with van der Waals surface area (Å²) in [7, 11) is 0. The summed E-state index contributed by atoms with van der Waals surface area (Å²) in [4.78, 5) is 20.0. The highest BCUT2D eigenvalue weighted by atomic mass is 16.6. The third-order valence-corrected chi connectivity index (χ3v) is 4.99. The van der Waals surface area contributed by atoms with Gasteiger partial charge in [-0.25, -0.2) is 4.98 Å². The molecule has 0 radical (unpaired) electrons. The molecule has 0 unspecified atom stereocenters. The van der Waals surface area contributed by atoms with Crippen molar-refractivity contribution in [1.29, 1.82) is 0 Å². The first kappa shape index (κ1) is 15.2. The van der Waals surface area contributed by atoms with Gasteiger partial charge in [-0.1, -0.05) is 19.3 Å². The van der Waals surface area contributed by atoms with Crippen LogP contribution in [-0.2, 0) is 0 Å². The molecule has 0 amide bonds. The molecular formula is C16H24N4O2. The van der Waals surface area contributed by atoms with E-state index in [0.717, 1.165) is 32.2 Å². The molecule has 0 atom stereocenters. The number of piperazine rings is 1. The maximum Gasteiger partial charge on any atom is 0.314 e. The number of nitro groups is 1. The van der Waals surface area contributed by atoms with E-state index in [0.29, 0.717) is 11.4 Å². The Bertz CT molecular complexity index is 535. The first-order valence-corrected chi connectivity index (χ1v) is 8.26. The third-order valence-electron chi connectivity index (χ3n) is 4.99. The molecule has 0 bridgehead atoms. The number of aromatic nitrogens is 1. The fourth-order valence-electron chi connectivity index (χ4n) is 3.74. The van der Waals surface area contributed by atoms with Crippen molar-refractivity contribution in [2.75, 3.05) is 31.1 Å². The number of hydrogen-bond donors (Lipinski definition) is 0. The minimum atomic E-state index is -0.300. The van der Waals surface area contributed by atoms with E-state index in [9.17, 15) is 10.1 Å². The van der Waals surface area contributed by atoms with Crippen LogP contribution >= 0.6 is 0 Å². The molecule has 1 aromatic rings. The van der Waals surface area contributed by atoms with Crippen molar-refractivity contribution in [1.82, 2.24) is 9.88 Å². The summed E-state index contributed by atoms with van der Waals surface area (Å²) in [6, 6.07) is 2.43. The smallest absolute Gasteiger partial charge is 0.314 e. The van der Waals surface area contributed by atoms with E-state index in [1.807, 2.05) is 0 Å². The summed E-state index contributed by atoms with van der Waals surface area (Å²) < 4.78 is 0. The molecule has 6 nitrogen and oxygen atoms in total. The van der Waals surface area contributed by atoms with Crippen LogP contribution < -0.4 is 4.90 Å². The SMILES string of the molecule is Cc1ccnc(N2CCN(C3CCCCC3)CC2)c1[N+](=O)[O-]. The Morgan fingerprint density at radius 2 is 1.86 bits per heavy atom. The molecule has 2 heterocycles. The zero-order chi connectivity index (χ0) is 15.5. The Kier molecular flexibility index (Phi) is 4.57. The van der Waals surface area contributed by atoms with Crippen LogP contribution in [0.2, 0.25) is 0 Å². The zero-order valence-electron chi connectivity index (χ0n) is 13.2. The average Bonchev–Trinajstić information content (AvgIpc) is 2.55. The van der Waals surface area contributed by atoms with Crippen LogP contribution in [0.1, 0.15) is 37.7 Å². The molecule has 0 N–H and O–H groups in total. The molecule has 1 aromatic heterocycles. The first-order valence-electron chi connectivity index (χ1n) is 8.26. The summed E-state index contributed by atoms with van der Waals surface area (Å²) >= 11 is 0. The lowest BCUT2D eigenvalue weighted by Gasteiger charge is -2.41. The van der Waals surface area contributed by atoms with Crippen molar-refractivity contribution >= 4 is 11.5 Å². The normalized spacial score (nSPS) is 21.0. The van der Waals surface area contributed by atoms with Crippen molar-refractivity contribution in [3.05, 3.63) is 27.9 Å². The topological polar surface area (TPSA) is 62.5 Å². The fourth-order valence-corrected chi connectivity index (χ4v) is 3.74. The third kappa shape index (κ3) is 3.06. The largest absolute Gasteiger partial charge is 0.348 e. The molecule has 2 fully saturated rings. The fraction of sp³-hybridized carbons (Fsp3) is 0.688. The van der Waals surface area contributed by atoms with Crippen LogP contribution in [0.25, 0.3) is 0 Å². The number of aryl methyl sites for hydroxylation is 1. The molecule has 1 aliphatic heterocycles. The van der Waals surface area contributed by atoms with Gasteiger partial charge in [-0.15, -0.1) is 0 Å². The summed E-state index contributed by atoms with van der Waals surface area (Å²) in [5.74, 6) is 0.535. The monoisotopic (exact) mass is 304 g/mol. The van der Waals surface area contributed by atoms with Gasteiger partial charge in [-0.05, 0) is 25.8 Å². The minimum Gasteiger partial charge on any atom is -0.348 e. The second kappa shape index (κ2) is 6.60. The van der Waals surface area contributed by atoms with Gasteiger partial charge in [-0.2, -0.15) is 0 Å². The predicted molar refractivity (Wildman–Crippen MR) is 86.3 cm³/mol. The number of hydrogen-bond acceptors (Lipinski definition) is 5. The van der Waals surface area contributed by atoms with Crippen molar-refractivity contribution < 1.29 is 4.92 Å². The zero-order valence-corrected chi connectivity index (χ0v) is 13.2. The van der Waals surface area contributed by atoms with Crippen LogP contribution in [-0.4, -0.2) is 47.0 Å². The highest BCUT2D eigenvalue weighted by molar-refractivity contribution is 5.61. The Balaban J connectivity index is 1.69. The Hall–Kier alpha value is -1.69. The number of anilines is 1. The van der Waals surface area contributed by atoms with E-state index in [2.05, 4.69) is 14.8 Å². The predicted octanol–water partition coefficient (Wildman–Crippen LogP) is 2.75. The lowest BCUT2D eigenvalue weighted by Crippen LogP contribution is -2.51. The van der Waals surface area contributed by atoms with Gasteiger partial charge in [0.05, 0.1) is 4.92 Å². The first-order chi connectivity index (χ1) is 10.7. The summed E-state index contributed by atoms with van der Waals surface area (Å²) in [5.41, 5.74) is 0.846. The van der Waals surface area contributed by atoms with E-state index < -0.39 is 0 Å². The van der Waals surface area contributed by atoms with Gasteiger partial charge < -0.3 is 4.90 Å². The minimum absolute atomic E-state index is 0.161. The van der Waals surface area contributed by atoms with E-state index in [1.165, 1.54) is 32.1 Å². The lowest BCUT2D eigenvalue weighted by atomic mass is 9.94. The van der Waals surface area contributed by atoms with Gasteiger partial charge in [0.25, 0.3) is 0 Å². The van der Waals surface area contributed by atoms with Crippen molar-refractivity contribution in [3.63, 3.8) is 0 Å². The summed E-state index contributed by atoms with van der Waals surface area (Å²) in [6.07, 6.45) is 8.35. The summed E-state index contributed by atoms with van der Waals surface area (Å²) in [6.45, 7) is 5.40. The van der Waals surface area contributed by atoms with E-state index >= 15 is 0 Å². The lowest BCUT2D eigenvalue weighted by molar-refractivity contribution is -0.384. The molecular weight excluding hydrogens is 280 g/mol. The van der Waals surface area contributed by atoms with Crippen LogP contribution in [0.3, 0.4) is 0 Å². The number of rotatable bonds is 3. The molecule has 0 aromatic carbocycles. The molecule has 1 saturated heterocycles. The highest BCUT2D eigenvalue weighted by Gasteiger charge is 2.29. The van der Waals surface area contributed by atoms with Gasteiger partial charge in [0.2, 0.25) is 5.82 Å².